The minimum absolute atomic E-state index is 0.221. The fourth-order valence-electron chi connectivity index (χ4n) is 1.98. The van der Waals surface area contributed by atoms with Gasteiger partial charge in [-0.2, -0.15) is 0 Å². The van der Waals surface area contributed by atoms with Crippen molar-refractivity contribution in [2.24, 2.45) is 5.73 Å². The van der Waals surface area contributed by atoms with E-state index < -0.39 is 0 Å². The zero-order chi connectivity index (χ0) is 15.2. The molecule has 0 aromatic heterocycles. The normalized spacial score (nSPS) is 12.2. The van der Waals surface area contributed by atoms with Gasteiger partial charge in [0.05, 0.1) is 7.11 Å². The molecule has 0 spiro atoms. The zero-order valence-corrected chi connectivity index (χ0v) is 14.7. The zero-order valence-electron chi connectivity index (χ0n) is 12.3. The average Bonchev–Trinajstić information content (AvgIpc) is 2.50. The largest absolute Gasteiger partial charge is 0.497 e. The molecule has 4 heteroatoms. The fraction of sp³-hybridized carbons (Fsp3) is 0.294. The molecule has 2 rings (SSSR count). The molecule has 2 aromatic carbocycles. The van der Waals surface area contributed by atoms with Crippen LogP contribution in [0.5, 0.6) is 5.75 Å². The Morgan fingerprint density at radius 2 is 1.95 bits per heavy atom. The van der Waals surface area contributed by atoms with Crippen molar-refractivity contribution in [2.45, 2.75) is 35.6 Å². The van der Waals surface area contributed by atoms with E-state index in [1.807, 2.05) is 18.2 Å². The molecule has 2 N–H and O–H groups in total. The molecule has 1 atom stereocenters. The molecular formula is C17H20BrNOS. The SMILES string of the molecule is CCC(N)Cc1ccc(Sc2cccc(OC)c2)cc1Br. The summed E-state index contributed by atoms with van der Waals surface area (Å²) in [6, 6.07) is 14.8. The summed E-state index contributed by atoms with van der Waals surface area (Å²) in [6.45, 7) is 2.12. The second-order valence-corrected chi connectivity index (χ2v) is 6.91. The number of benzene rings is 2. The van der Waals surface area contributed by atoms with Gasteiger partial charge >= 0.3 is 0 Å². The summed E-state index contributed by atoms with van der Waals surface area (Å²) >= 11 is 5.38. The maximum atomic E-state index is 6.03. The molecule has 2 aromatic rings. The third-order valence-corrected chi connectivity index (χ3v) is 5.03. The first-order valence-electron chi connectivity index (χ1n) is 6.98. The fourth-order valence-corrected chi connectivity index (χ4v) is 3.58. The maximum Gasteiger partial charge on any atom is 0.119 e. The van der Waals surface area contributed by atoms with Gasteiger partial charge in [-0.3, -0.25) is 0 Å². The van der Waals surface area contributed by atoms with Gasteiger partial charge in [0.1, 0.15) is 5.75 Å². The molecule has 0 aliphatic carbocycles. The van der Waals surface area contributed by atoms with Crippen molar-refractivity contribution >= 4 is 27.7 Å². The highest BCUT2D eigenvalue weighted by molar-refractivity contribution is 9.10. The molecule has 0 bridgehead atoms. The van der Waals surface area contributed by atoms with Crippen molar-refractivity contribution in [3.63, 3.8) is 0 Å². The molecule has 0 radical (unpaired) electrons. The molecule has 0 saturated heterocycles. The lowest BCUT2D eigenvalue weighted by Crippen LogP contribution is -2.21. The van der Waals surface area contributed by atoms with Crippen LogP contribution in [0.4, 0.5) is 0 Å². The first-order valence-corrected chi connectivity index (χ1v) is 8.59. The third kappa shape index (κ3) is 4.77. The van der Waals surface area contributed by atoms with Gasteiger partial charge in [-0.05, 0) is 48.7 Å². The van der Waals surface area contributed by atoms with Crippen LogP contribution < -0.4 is 10.5 Å². The molecule has 0 heterocycles. The summed E-state index contributed by atoms with van der Waals surface area (Å²) < 4.78 is 6.38. The van der Waals surface area contributed by atoms with E-state index in [4.69, 9.17) is 10.5 Å². The summed E-state index contributed by atoms with van der Waals surface area (Å²) in [5.41, 5.74) is 7.29. The lowest BCUT2D eigenvalue weighted by Gasteiger charge is -2.12. The van der Waals surface area contributed by atoms with Crippen LogP contribution in [0.15, 0.2) is 56.7 Å². The second-order valence-electron chi connectivity index (χ2n) is 4.91. The van der Waals surface area contributed by atoms with E-state index in [0.717, 1.165) is 23.1 Å². The van der Waals surface area contributed by atoms with Crippen LogP contribution in [0.1, 0.15) is 18.9 Å². The highest BCUT2D eigenvalue weighted by Crippen LogP contribution is 2.33. The van der Waals surface area contributed by atoms with E-state index in [9.17, 15) is 0 Å². The van der Waals surface area contributed by atoms with Gasteiger partial charge < -0.3 is 10.5 Å². The summed E-state index contributed by atoms with van der Waals surface area (Å²) in [5.74, 6) is 0.879. The number of hydrogen-bond acceptors (Lipinski definition) is 3. The smallest absolute Gasteiger partial charge is 0.119 e. The Balaban J connectivity index is 2.12. The number of halogens is 1. The molecule has 21 heavy (non-hydrogen) atoms. The molecule has 0 saturated carbocycles. The number of ether oxygens (including phenoxy) is 1. The summed E-state index contributed by atoms with van der Waals surface area (Å²) in [7, 11) is 1.69. The highest BCUT2D eigenvalue weighted by Gasteiger charge is 2.07. The Morgan fingerprint density at radius 1 is 1.19 bits per heavy atom. The molecular weight excluding hydrogens is 346 g/mol. The van der Waals surface area contributed by atoms with E-state index in [2.05, 4.69) is 47.1 Å². The monoisotopic (exact) mass is 365 g/mol. The van der Waals surface area contributed by atoms with Crippen LogP contribution in [0.3, 0.4) is 0 Å². The molecule has 112 valence electrons. The van der Waals surface area contributed by atoms with Crippen LogP contribution in [0, 0.1) is 0 Å². The lowest BCUT2D eigenvalue weighted by atomic mass is 10.1. The average molecular weight is 366 g/mol. The summed E-state index contributed by atoms with van der Waals surface area (Å²) in [6.07, 6.45) is 1.90. The van der Waals surface area contributed by atoms with Crippen LogP contribution in [0.25, 0.3) is 0 Å². The molecule has 1 unspecified atom stereocenters. The Morgan fingerprint density at radius 3 is 2.62 bits per heavy atom. The van der Waals surface area contributed by atoms with E-state index in [0.29, 0.717) is 0 Å². The van der Waals surface area contributed by atoms with Crippen LogP contribution in [-0.2, 0) is 6.42 Å². The highest BCUT2D eigenvalue weighted by atomic mass is 79.9. The van der Waals surface area contributed by atoms with Crippen molar-refractivity contribution in [1.29, 1.82) is 0 Å². The Bertz CT molecular complexity index is 603. The topological polar surface area (TPSA) is 35.2 Å². The minimum Gasteiger partial charge on any atom is -0.497 e. The van der Waals surface area contributed by atoms with Gasteiger partial charge in [-0.15, -0.1) is 0 Å². The van der Waals surface area contributed by atoms with Crippen LogP contribution in [0.2, 0.25) is 0 Å². The van der Waals surface area contributed by atoms with Gasteiger partial charge in [-0.25, -0.2) is 0 Å². The molecule has 0 amide bonds. The van der Waals surface area contributed by atoms with Crippen molar-refractivity contribution in [3.8, 4) is 5.75 Å². The van der Waals surface area contributed by atoms with Gasteiger partial charge in [-0.1, -0.05) is 46.7 Å². The number of methoxy groups -OCH3 is 1. The third-order valence-electron chi connectivity index (χ3n) is 3.31. The lowest BCUT2D eigenvalue weighted by molar-refractivity contribution is 0.413. The van der Waals surface area contributed by atoms with Crippen molar-refractivity contribution in [1.82, 2.24) is 0 Å². The van der Waals surface area contributed by atoms with Gasteiger partial charge in [0, 0.05) is 20.3 Å². The van der Waals surface area contributed by atoms with Gasteiger partial charge in [0.25, 0.3) is 0 Å². The molecule has 0 aliphatic heterocycles. The van der Waals surface area contributed by atoms with E-state index >= 15 is 0 Å². The van der Waals surface area contributed by atoms with E-state index in [1.54, 1.807) is 18.9 Å². The van der Waals surface area contributed by atoms with Crippen LogP contribution >= 0.6 is 27.7 Å². The predicted molar refractivity (Wildman–Crippen MR) is 93.2 cm³/mol. The Kier molecular flexibility index (Phi) is 6.15. The molecule has 0 fully saturated rings. The van der Waals surface area contributed by atoms with E-state index in [1.165, 1.54) is 15.4 Å². The van der Waals surface area contributed by atoms with Crippen LogP contribution in [-0.4, -0.2) is 13.2 Å². The first-order chi connectivity index (χ1) is 10.1. The van der Waals surface area contributed by atoms with Crippen molar-refractivity contribution in [2.75, 3.05) is 7.11 Å². The number of nitrogens with two attached hydrogens (primary N) is 1. The Labute approximate surface area is 139 Å². The van der Waals surface area contributed by atoms with E-state index in [-0.39, 0.29) is 6.04 Å². The molecule has 2 nitrogen and oxygen atoms in total. The summed E-state index contributed by atoms with van der Waals surface area (Å²) in [5, 5.41) is 0. The molecule has 0 aliphatic rings. The summed E-state index contributed by atoms with van der Waals surface area (Å²) in [4.78, 5) is 2.36. The van der Waals surface area contributed by atoms with Crippen molar-refractivity contribution in [3.05, 3.63) is 52.5 Å². The first kappa shape index (κ1) is 16.4. The van der Waals surface area contributed by atoms with Gasteiger partial charge in [0.2, 0.25) is 0 Å². The maximum absolute atomic E-state index is 6.03. The standard InChI is InChI=1S/C17H20BrNOS/c1-3-13(19)9-12-7-8-16(11-17(12)18)21-15-6-4-5-14(10-15)20-2/h4-8,10-11,13H,3,9,19H2,1-2H3. The number of hydrogen-bond donors (Lipinski definition) is 1. The minimum atomic E-state index is 0.221. The number of rotatable bonds is 6. The second kappa shape index (κ2) is 7.87. The predicted octanol–water partition coefficient (Wildman–Crippen LogP) is 4.89. The van der Waals surface area contributed by atoms with Crippen molar-refractivity contribution < 1.29 is 4.74 Å². The van der Waals surface area contributed by atoms with Gasteiger partial charge in [0.15, 0.2) is 0 Å². The quantitative estimate of drug-likeness (QED) is 0.791. The Hall–Kier alpha value is -0.970.